The summed E-state index contributed by atoms with van der Waals surface area (Å²) in [6, 6.07) is 6.62. The average Bonchev–Trinajstić information content (AvgIpc) is 2.52. The van der Waals surface area contributed by atoms with E-state index in [9.17, 15) is 9.59 Å². The lowest BCUT2D eigenvalue weighted by atomic mass is 10.1. The van der Waals surface area contributed by atoms with Gasteiger partial charge in [0.15, 0.2) is 5.11 Å². The quantitative estimate of drug-likeness (QED) is 0.271. The van der Waals surface area contributed by atoms with E-state index in [1.165, 1.54) is 7.11 Å². The molecule has 3 N–H and O–H groups in total. The maximum atomic E-state index is 12.0. The van der Waals surface area contributed by atoms with Crippen molar-refractivity contribution in [3.63, 3.8) is 0 Å². The molecule has 0 fully saturated rings. The summed E-state index contributed by atoms with van der Waals surface area (Å²) in [6.07, 6.45) is -0.798. The fourth-order valence-corrected chi connectivity index (χ4v) is 2.52. The molecule has 1 atom stereocenters. The van der Waals surface area contributed by atoms with E-state index in [0.29, 0.717) is 5.69 Å². The zero-order chi connectivity index (χ0) is 19.9. The van der Waals surface area contributed by atoms with Crippen LogP contribution in [0.3, 0.4) is 0 Å². The van der Waals surface area contributed by atoms with E-state index in [1.54, 1.807) is 24.3 Å². The standard InChI is InChI=1S/C16H20Cl3N3O3S/c1-9(2)8-12(23)21-14(16(17,18)19)22-15(26)20-11-7-5-4-6-10(11)13(24)25-3/h4-7,9,14H,8H2,1-3H3,(H,21,23)(H2,20,22,26)/t14-/m1/s1. The number of benzene rings is 1. The van der Waals surface area contributed by atoms with Crippen LogP contribution in [0, 0.1) is 5.92 Å². The topological polar surface area (TPSA) is 79.5 Å². The van der Waals surface area contributed by atoms with E-state index in [4.69, 9.17) is 51.8 Å². The van der Waals surface area contributed by atoms with Crippen LogP contribution in [0.2, 0.25) is 0 Å². The van der Waals surface area contributed by atoms with Crippen molar-refractivity contribution in [2.75, 3.05) is 12.4 Å². The Bertz CT molecular complexity index is 666. The molecule has 6 nitrogen and oxygen atoms in total. The van der Waals surface area contributed by atoms with Crippen LogP contribution in [0.15, 0.2) is 24.3 Å². The fourth-order valence-electron chi connectivity index (χ4n) is 1.96. The summed E-state index contributed by atoms with van der Waals surface area (Å²) in [5, 5.41) is 8.22. The SMILES string of the molecule is COC(=O)c1ccccc1NC(=S)N[C@@H](NC(=O)CC(C)C)C(Cl)(Cl)Cl. The first-order chi connectivity index (χ1) is 12.0. The molecule has 1 amide bonds. The van der Waals surface area contributed by atoms with Crippen molar-refractivity contribution in [2.24, 2.45) is 5.92 Å². The zero-order valence-corrected chi connectivity index (χ0v) is 17.5. The lowest BCUT2D eigenvalue weighted by molar-refractivity contribution is -0.122. The molecule has 0 unspecified atom stereocenters. The van der Waals surface area contributed by atoms with Crippen molar-refractivity contribution >= 4 is 69.7 Å². The molecule has 0 radical (unpaired) electrons. The highest BCUT2D eigenvalue weighted by molar-refractivity contribution is 7.80. The number of carbonyl (C=O) groups is 2. The van der Waals surface area contributed by atoms with Crippen LogP contribution in [0.1, 0.15) is 30.6 Å². The largest absolute Gasteiger partial charge is 0.465 e. The number of amides is 1. The molecule has 0 bridgehead atoms. The van der Waals surface area contributed by atoms with E-state index in [2.05, 4.69) is 16.0 Å². The van der Waals surface area contributed by atoms with Crippen molar-refractivity contribution in [3.05, 3.63) is 29.8 Å². The molecule has 0 saturated heterocycles. The Labute approximate surface area is 172 Å². The van der Waals surface area contributed by atoms with E-state index >= 15 is 0 Å². The maximum absolute atomic E-state index is 12.0. The Morgan fingerprint density at radius 2 is 1.81 bits per heavy atom. The molecule has 0 aromatic heterocycles. The predicted octanol–water partition coefficient (Wildman–Crippen LogP) is 3.62. The van der Waals surface area contributed by atoms with Gasteiger partial charge in [-0.05, 0) is 30.3 Å². The van der Waals surface area contributed by atoms with Gasteiger partial charge in [0.1, 0.15) is 6.17 Å². The van der Waals surface area contributed by atoms with Crippen LogP contribution < -0.4 is 16.0 Å². The summed E-state index contributed by atoms with van der Waals surface area (Å²) < 4.78 is 2.87. The molecule has 10 heteroatoms. The smallest absolute Gasteiger partial charge is 0.339 e. The number of rotatable bonds is 6. The Kier molecular flexibility index (Phi) is 8.89. The van der Waals surface area contributed by atoms with E-state index in [1.807, 2.05) is 13.8 Å². The lowest BCUT2D eigenvalue weighted by Gasteiger charge is -2.28. The van der Waals surface area contributed by atoms with E-state index in [-0.39, 0.29) is 28.9 Å². The summed E-state index contributed by atoms with van der Waals surface area (Å²) in [5.41, 5.74) is 0.696. The monoisotopic (exact) mass is 439 g/mol. The van der Waals surface area contributed by atoms with Gasteiger partial charge in [-0.3, -0.25) is 4.79 Å². The van der Waals surface area contributed by atoms with Crippen molar-refractivity contribution in [1.82, 2.24) is 10.6 Å². The molecular formula is C16H20Cl3N3O3S. The van der Waals surface area contributed by atoms with Crippen LogP contribution in [0.25, 0.3) is 0 Å². The first kappa shape index (κ1) is 22.8. The number of esters is 1. The van der Waals surface area contributed by atoms with Gasteiger partial charge < -0.3 is 20.7 Å². The minimum absolute atomic E-state index is 0.0579. The van der Waals surface area contributed by atoms with Crippen LogP contribution in [0.5, 0.6) is 0 Å². The second kappa shape index (κ2) is 10.2. The zero-order valence-electron chi connectivity index (χ0n) is 14.4. The normalized spacial score (nSPS) is 12.3. The van der Waals surface area contributed by atoms with Crippen molar-refractivity contribution in [3.8, 4) is 0 Å². The molecule has 0 aliphatic heterocycles. The number of halogens is 3. The Hall–Kier alpha value is -1.28. The molecule has 144 valence electrons. The van der Waals surface area contributed by atoms with Crippen molar-refractivity contribution in [1.29, 1.82) is 0 Å². The lowest BCUT2D eigenvalue weighted by Crippen LogP contribution is -2.56. The highest BCUT2D eigenvalue weighted by atomic mass is 35.6. The third-order valence-corrected chi connectivity index (χ3v) is 3.96. The molecule has 1 aromatic carbocycles. The summed E-state index contributed by atoms with van der Waals surface area (Å²) in [6.45, 7) is 3.79. The molecule has 0 saturated carbocycles. The number of hydrogen-bond acceptors (Lipinski definition) is 4. The molecule has 1 aromatic rings. The second-order valence-corrected chi connectivity index (χ2v) is 8.55. The predicted molar refractivity (Wildman–Crippen MR) is 109 cm³/mol. The van der Waals surface area contributed by atoms with Gasteiger partial charge in [0.25, 0.3) is 0 Å². The number of nitrogens with one attached hydrogen (secondary N) is 3. The first-order valence-corrected chi connectivity index (χ1v) is 9.19. The summed E-state index contributed by atoms with van der Waals surface area (Å²) in [5.74, 6) is -0.677. The van der Waals surface area contributed by atoms with Crippen molar-refractivity contribution in [2.45, 2.75) is 30.2 Å². The van der Waals surface area contributed by atoms with Crippen LogP contribution in [-0.2, 0) is 9.53 Å². The minimum Gasteiger partial charge on any atom is -0.465 e. The number of hydrogen-bond donors (Lipinski definition) is 3. The number of para-hydroxylation sites is 1. The second-order valence-electron chi connectivity index (χ2n) is 5.78. The fraction of sp³-hybridized carbons (Fsp3) is 0.438. The highest BCUT2D eigenvalue weighted by Crippen LogP contribution is 2.29. The molecule has 0 aliphatic rings. The van der Waals surface area contributed by atoms with Gasteiger partial charge in [0.05, 0.1) is 18.4 Å². The van der Waals surface area contributed by atoms with Gasteiger partial charge in [-0.15, -0.1) is 0 Å². The number of methoxy groups -OCH3 is 1. The number of carbonyl (C=O) groups excluding carboxylic acids is 2. The molecule has 0 heterocycles. The number of alkyl halides is 3. The highest BCUT2D eigenvalue weighted by Gasteiger charge is 2.34. The van der Waals surface area contributed by atoms with Crippen LogP contribution in [0.4, 0.5) is 5.69 Å². The van der Waals surface area contributed by atoms with Gasteiger partial charge in [-0.2, -0.15) is 0 Å². The molecule has 0 spiro atoms. The Morgan fingerprint density at radius 3 is 2.35 bits per heavy atom. The minimum atomic E-state index is -1.85. The summed E-state index contributed by atoms with van der Waals surface area (Å²) >= 11 is 23.0. The number of ether oxygens (including phenoxy) is 1. The van der Waals surface area contributed by atoms with Gasteiger partial charge >= 0.3 is 5.97 Å². The van der Waals surface area contributed by atoms with Gasteiger partial charge in [0.2, 0.25) is 9.70 Å². The Morgan fingerprint density at radius 1 is 1.19 bits per heavy atom. The Balaban J connectivity index is 2.85. The third kappa shape index (κ3) is 7.53. The van der Waals surface area contributed by atoms with E-state index < -0.39 is 15.9 Å². The molecular weight excluding hydrogens is 421 g/mol. The van der Waals surface area contributed by atoms with Crippen LogP contribution in [-0.4, -0.2) is 34.1 Å². The van der Waals surface area contributed by atoms with Crippen LogP contribution >= 0.6 is 47.0 Å². The van der Waals surface area contributed by atoms with Gasteiger partial charge in [0, 0.05) is 6.42 Å². The number of thiocarbonyl (C=S) groups is 1. The van der Waals surface area contributed by atoms with Gasteiger partial charge in [-0.25, -0.2) is 4.79 Å². The molecule has 26 heavy (non-hydrogen) atoms. The molecule has 1 rings (SSSR count). The summed E-state index contributed by atoms with van der Waals surface area (Å²) in [4.78, 5) is 23.8. The van der Waals surface area contributed by atoms with E-state index in [0.717, 1.165) is 0 Å². The van der Waals surface area contributed by atoms with Crippen molar-refractivity contribution < 1.29 is 14.3 Å². The first-order valence-electron chi connectivity index (χ1n) is 7.65. The van der Waals surface area contributed by atoms with Gasteiger partial charge in [-0.1, -0.05) is 60.8 Å². The third-order valence-electron chi connectivity index (χ3n) is 3.08. The summed E-state index contributed by atoms with van der Waals surface area (Å²) in [7, 11) is 1.28. The maximum Gasteiger partial charge on any atom is 0.339 e. The number of anilines is 1. The molecule has 0 aliphatic carbocycles. The average molecular weight is 441 g/mol.